The molecule has 2 saturated carbocycles. The maximum absolute atomic E-state index is 5.68. The van der Waals surface area contributed by atoms with Gasteiger partial charge in [0.25, 0.3) is 0 Å². The molecule has 0 spiro atoms. The van der Waals surface area contributed by atoms with E-state index in [4.69, 9.17) is 4.42 Å². The van der Waals surface area contributed by atoms with Gasteiger partial charge < -0.3 is 9.73 Å². The molecule has 19 heavy (non-hydrogen) atoms. The second-order valence-corrected chi connectivity index (χ2v) is 7.12. The summed E-state index contributed by atoms with van der Waals surface area (Å²) in [4.78, 5) is 4.34. The zero-order valence-corrected chi connectivity index (χ0v) is 12.6. The van der Waals surface area contributed by atoms with Gasteiger partial charge in [-0.3, -0.25) is 0 Å². The maximum atomic E-state index is 5.68. The second kappa shape index (κ2) is 4.34. The minimum atomic E-state index is 0.428. The summed E-state index contributed by atoms with van der Waals surface area (Å²) in [6.07, 6.45) is 6.84. The van der Waals surface area contributed by atoms with Gasteiger partial charge in [0.05, 0.1) is 12.7 Å². The van der Waals surface area contributed by atoms with Crippen LogP contribution in [0.3, 0.4) is 0 Å². The molecular weight excluding hydrogens is 236 g/mol. The number of fused-ring (bicyclic) bond motifs is 2. The number of rotatable bonds is 4. The molecule has 1 heterocycles. The molecule has 3 unspecified atom stereocenters. The molecule has 2 fully saturated rings. The van der Waals surface area contributed by atoms with E-state index in [1.807, 2.05) is 6.20 Å². The molecule has 0 amide bonds. The van der Waals surface area contributed by atoms with Crippen molar-refractivity contribution in [3.05, 3.63) is 17.8 Å². The van der Waals surface area contributed by atoms with Crippen molar-refractivity contribution in [3.63, 3.8) is 0 Å². The van der Waals surface area contributed by atoms with Gasteiger partial charge in [0.2, 0.25) is 5.89 Å². The predicted molar refractivity (Wildman–Crippen MR) is 75.7 cm³/mol. The van der Waals surface area contributed by atoms with Gasteiger partial charge in [-0.15, -0.1) is 0 Å². The van der Waals surface area contributed by atoms with Crippen LogP contribution < -0.4 is 5.32 Å². The fourth-order valence-corrected chi connectivity index (χ4v) is 4.32. The van der Waals surface area contributed by atoms with Crippen LogP contribution in [0.5, 0.6) is 0 Å². The fourth-order valence-electron chi connectivity index (χ4n) is 4.32. The molecule has 2 aliphatic rings. The van der Waals surface area contributed by atoms with Crippen LogP contribution in [0.2, 0.25) is 0 Å². The number of oxazole rings is 1. The average Bonchev–Trinajstić information content (AvgIpc) is 2.97. The van der Waals surface area contributed by atoms with Crippen molar-refractivity contribution in [1.82, 2.24) is 10.3 Å². The minimum absolute atomic E-state index is 0.428. The first-order valence-corrected chi connectivity index (χ1v) is 7.64. The van der Waals surface area contributed by atoms with Crippen molar-refractivity contribution in [3.8, 4) is 0 Å². The molecular formula is C16H26N2O. The first-order chi connectivity index (χ1) is 8.97. The maximum Gasteiger partial charge on any atom is 0.208 e. The Bertz CT molecular complexity index is 465. The zero-order chi connectivity index (χ0) is 13.7. The van der Waals surface area contributed by atoms with Crippen LogP contribution >= 0.6 is 0 Å². The summed E-state index contributed by atoms with van der Waals surface area (Å²) in [5.74, 6) is 2.70. The van der Waals surface area contributed by atoms with Crippen LogP contribution in [0, 0.1) is 16.7 Å². The molecule has 1 aromatic heterocycles. The van der Waals surface area contributed by atoms with E-state index in [0.29, 0.717) is 16.9 Å². The molecule has 3 atom stereocenters. The average molecular weight is 262 g/mol. The SMILES string of the molecule is CCc1cnc(CNC2CC3CCC2(C)C3(C)C)o1. The quantitative estimate of drug-likeness (QED) is 0.902. The fraction of sp³-hybridized carbons (Fsp3) is 0.812. The van der Waals surface area contributed by atoms with Crippen molar-refractivity contribution in [2.45, 2.75) is 66.0 Å². The molecule has 3 heteroatoms. The monoisotopic (exact) mass is 262 g/mol. The third kappa shape index (κ3) is 1.85. The molecule has 3 nitrogen and oxygen atoms in total. The lowest BCUT2D eigenvalue weighted by molar-refractivity contribution is 0.119. The highest BCUT2D eigenvalue weighted by Gasteiger charge is 2.60. The molecule has 1 N–H and O–H groups in total. The van der Waals surface area contributed by atoms with Crippen LogP contribution in [-0.4, -0.2) is 11.0 Å². The van der Waals surface area contributed by atoms with Crippen LogP contribution in [-0.2, 0) is 13.0 Å². The molecule has 2 bridgehead atoms. The molecule has 2 aliphatic carbocycles. The molecule has 106 valence electrons. The summed E-state index contributed by atoms with van der Waals surface area (Å²) in [6, 6.07) is 0.609. The Balaban J connectivity index is 1.66. The standard InChI is InChI=1S/C16H26N2O/c1-5-12-9-18-14(19-12)10-17-13-8-11-6-7-16(13,4)15(11,2)3/h9,11,13,17H,5-8,10H2,1-4H3. The van der Waals surface area contributed by atoms with Crippen molar-refractivity contribution in [1.29, 1.82) is 0 Å². The minimum Gasteiger partial charge on any atom is -0.444 e. The molecule has 0 aliphatic heterocycles. The third-order valence-electron chi connectivity index (χ3n) is 6.24. The normalized spacial score (nSPS) is 36.0. The van der Waals surface area contributed by atoms with Crippen molar-refractivity contribution < 1.29 is 4.42 Å². The van der Waals surface area contributed by atoms with Crippen molar-refractivity contribution in [2.24, 2.45) is 16.7 Å². The van der Waals surface area contributed by atoms with Gasteiger partial charge in [0.15, 0.2) is 0 Å². The Hall–Kier alpha value is -0.830. The number of nitrogens with one attached hydrogen (secondary N) is 1. The summed E-state index contributed by atoms with van der Waals surface area (Å²) in [5.41, 5.74) is 0.897. The van der Waals surface area contributed by atoms with E-state index in [9.17, 15) is 0 Å². The van der Waals surface area contributed by atoms with Gasteiger partial charge in [-0.2, -0.15) is 0 Å². The zero-order valence-electron chi connectivity index (χ0n) is 12.6. The van der Waals surface area contributed by atoms with Gasteiger partial charge in [-0.25, -0.2) is 4.98 Å². The first-order valence-electron chi connectivity index (χ1n) is 7.64. The summed E-state index contributed by atoms with van der Waals surface area (Å²) in [7, 11) is 0. The van der Waals surface area contributed by atoms with E-state index in [1.165, 1.54) is 19.3 Å². The second-order valence-electron chi connectivity index (χ2n) is 7.12. The Morgan fingerprint density at radius 2 is 2.21 bits per heavy atom. The van der Waals surface area contributed by atoms with Gasteiger partial charge in [-0.1, -0.05) is 27.7 Å². The Morgan fingerprint density at radius 1 is 1.42 bits per heavy atom. The lowest BCUT2D eigenvalue weighted by Crippen LogP contribution is -2.44. The topological polar surface area (TPSA) is 38.1 Å². The highest BCUT2D eigenvalue weighted by molar-refractivity contribution is 5.13. The van der Waals surface area contributed by atoms with Gasteiger partial charge in [-0.05, 0) is 36.0 Å². The highest BCUT2D eigenvalue weighted by Crippen LogP contribution is 2.65. The molecule has 1 aromatic rings. The van der Waals surface area contributed by atoms with E-state index >= 15 is 0 Å². The van der Waals surface area contributed by atoms with E-state index in [-0.39, 0.29) is 0 Å². The lowest BCUT2D eigenvalue weighted by Gasteiger charge is -2.39. The largest absolute Gasteiger partial charge is 0.444 e. The first kappa shape index (κ1) is 13.2. The van der Waals surface area contributed by atoms with E-state index in [1.54, 1.807) is 0 Å². The van der Waals surface area contributed by atoms with E-state index in [2.05, 4.69) is 38.0 Å². The third-order valence-corrected chi connectivity index (χ3v) is 6.24. The van der Waals surface area contributed by atoms with E-state index < -0.39 is 0 Å². The predicted octanol–water partition coefficient (Wildman–Crippen LogP) is 3.54. The number of hydrogen-bond acceptors (Lipinski definition) is 3. The summed E-state index contributed by atoms with van der Waals surface area (Å²) in [6.45, 7) is 10.2. The van der Waals surface area contributed by atoms with Gasteiger partial charge >= 0.3 is 0 Å². The molecule has 0 radical (unpaired) electrons. The van der Waals surface area contributed by atoms with Crippen LogP contribution in [0.1, 0.15) is 58.6 Å². The Labute approximate surface area is 116 Å². The molecule has 0 aromatic carbocycles. The smallest absolute Gasteiger partial charge is 0.208 e. The van der Waals surface area contributed by atoms with E-state index in [0.717, 1.165) is 30.5 Å². The van der Waals surface area contributed by atoms with Crippen LogP contribution in [0.4, 0.5) is 0 Å². The molecule has 0 saturated heterocycles. The Morgan fingerprint density at radius 3 is 2.74 bits per heavy atom. The summed E-state index contributed by atoms with van der Waals surface area (Å²) < 4.78 is 5.68. The van der Waals surface area contributed by atoms with Crippen LogP contribution in [0.15, 0.2) is 10.6 Å². The Kier molecular flexibility index (Phi) is 3.01. The molecule has 3 rings (SSSR count). The van der Waals surface area contributed by atoms with Gasteiger partial charge in [0, 0.05) is 12.5 Å². The number of nitrogens with zero attached hydrogens (tertiary/aromatic N) is 1. The van der Waals surface area contributed by atoms with Crippen molar-refractivity contribution >= 4 is 0 Å². The van der Waals surface area contributed by atoms with Gasteiger partial charge in [0.1, 0.15) is 5.76 Å². The lowest BCUT2D eigenvalue weighted by atomic mass is 9.69. The van der Waals surface area contributed by atoms with Crippen molar-refractivity contribution in [2.75, 3.05) is 0 Å². The number of aryl methyl sites for hydroxylation is 1. The number of aromatic nitrogens is 1. The summed E-state index contributed by atoms with van der Waals surface area (Å²) in [5, 5.41) is 3.71. The summed E-state index contributed by atoms with van der Waals surface area (Å²) >= 11 is 0. The highest BCUT2D eigenvalue weighted by atomic mass is 16.4. The number of hydrogen-bond donors (Lipinski definition) is 1. The van der Waals surface area contributed by atoms with Crippen LogP contribution in [0.25, 0.3) is 0 Å².